The first-order chi connectivity index (χ1) is 24.9. The van der Waals surface area contributed by atoms with E-state index in [0.29, 0.717) is 0 Å². The first kappa shape index (κ1) is 46.4. The van der Waals surface area contributed by atoms with Crippen molar-refractivity contribution in [1.82, 2.24) is 19.1 Å². The summed E-state index contributed by atoms with van der Waals surface area (Å²) in [6, 6.07) is 10.1. The van der Waals surface area contributed by atoms with E-state index in [1.54, 1.807) is 25.1 Å². The normalized spacial score (nSPS) is 26.6. The fourth-order valence-electron chi connectivity index (χ4n) is 4.95. The Kier molecular flexibility index (Phi) is 18.5. The molecule has 2 fully saturated rings. The Hall–Kier alpha value is -4.65. The van der Waals surface area contributed by atoms with E-state index in [-0.39, 0.29) is 41.5 Å². The monoisotopic (exact) mass is 758 g/mol. The minimum Gasteiger partial charge on any atom is -0.857 e. The first-order valence-electron chi connectivity index (χ1n) is 14.7. The van der Waals surface area contributed by atoms with Crippen molar-refractivity contribution in [2.45, 2.75) is 61.7 Å². The van der Waals surface area contributed by atoms with Crippen LogP contribution in [0.3, 0.4) is 0 Å². The molecule has 2 aliphatic heterocycles. The van der Waals surface area contributed by atoms with Gasteiger partial charge in [0.25, 0.3) is 11.1 Å². The van der Waals surface area contributed by atoms with E-state index in [1.165, 1.54) is 12.1 Å². The maximum absolute atomic E-state index is 12.5. The number of rotatable bonds is 8. The van der Waals surface area contributed by atoms with Gasteiger partial charge in [0.15, 0.2) is 24.3 Å². The predicted molar refractivity (Wildman–Crippen MR) is 172 cm³/mol. The van der Waals surface area contributed by atoms with E-state index >= 15 is 0 Å². The van der Waals surface area contributed by atoms with Crippen LogP contribution >= 0.6 is 0 Å². The summed E-state index contributed by atoms with van der Waals surface area (Å²) in [5.74, 6) is -0.761. The number of nitrogens with zero attached hydrogens (tertiary/aromatic N) is 8. The summed E-state index contributed by atoms with van der Waals surface area (Å²) in [5.41, 5.74) is 10.7. The summed E-state index contributed by atoms with van der Waals surface area (Å²) in [7, 11) is 1.75. The van der Waals surface area contributed by atoms with Crippen molar-refractivity contribution in [2.24, 2.45) is 10.2 Å². The number of aliphatic hydroxyl groups is 5. The van der Waals surface area contributed by atoms with Crippen LogP contribution in [0.1, 0.15) is 36.2 Å². The molecule has 2 aromatic heterocycles. The van der Waals surface area contributed by atoms with E-state index in [0.717, 1.165) is 47.9 Å². The third-order valence-corrected chi connectivity index (χ3v) is 7.45. The molecular weight excluding hydrogens is 723 g/mol. The van der Waals surface area contributed by atoms with Gasteiger partial charge in [0.05, 0.1) is 12.2 Å². The van der Waals surface area contributed by atoms with Gasteiger partial charge < -0.3 is 44.8 Å². The molecule has 3 aromatic rings. The van der Waals surface area contributed by atoms with Crippen molar-refractivity contribution in [2.75, 3.05) is 20.8 Å². The van der Waals surface area contributed by atoms with Crippen molar-refractivity contribution in [3.05, 3.63) is 123 Å². The maximum Gasteiger partial charge on any atom is 1.00 e. The number of carbonyl (C=O) groups excluding carboxylic acids is 1. The van der Waals surface area contributed by atoms with Crippen LogP contribution in [0.15, 0.2) is 84.3 Å². The van der Waals surface area contributed by atoms with Gasteiger partial charge in [-0.2, -0.15) is 7.11 Å². The van der Waals surface area contributed by atoms with Gasteiger partial charge in [0.1, 0.15) is 18.3 Å². The average molecular weight is 759 g/mol. The van der Waals surface area contributed by atoms with Crippen LogP contribution < -0.4 is 57.2 Å². The predicted octanol–water partition coefficient (Wildman–Crippen LogP) is -5.56. The van der Waals surface area contributed by atoms with E-state index in [1.807, 2.05) is 4.98 Å². The number of hydrogen-bond acceptors (Lipinski definition) is 16. The van der Waals surface area contributed by atoms with Crippen LogP contribution in [0.2, 0.25) is 0 Å². The van der Waals surface area contributed by atoms with Crippen LogP contribution in [0, 0.1) is 0 Å². The maximum atomic E-state index is 12.5. The second kappa shape index (κ2) is 21.2. The fraction of sp³-hybridized carbons (Fsp3) is 0.464. The Labute approximate surface area is 319 Å². The molecule has 1 aromatic carbocycles. The summed E-state index contributed by atoms with van der Waals surface area (Å²) in [4.78, 5) is 67.7. The number of carbonyl (C=O) groups is 1. The average Bonchev–Trinajstić information content (AvgIpc) is 3.56. The summed E-state index contributed by atoms with van der Waals surface area (Å²) in [6.07, 6.45) is -6.82. The van der Waals surface area contributed by atoms with E-state index in [9.17, 15) is 44.4 Å². The molecule has 0 radical (unpaired) electrons. The number of nitrogens with one attached hydrogen (secondary N) is 2. The molecule has 0 amide bonds. The minimum atomic E-state index is -2.10. The summed E-state index contributed by atoms with van der Waals surface area (Å²) >= 11 is 0. The summed E-state index contributed by atoms with van der Waals surface area (Å²) < 4.78 is 18.0. The van der Waals surface area contributed by atoms with Crippen molar-refractivity contribution >= 4 is 5.97 Å². The van der Waals surface area contributed by atoms with Gasteiger partial charge in [0, 0.05) is 41.5 Å². The molecule has 0 bridgehead atoms. The molecule has 2 unspecified atom stereocenters. The van der Waals surface area contributed by atoms with Gasteiger partial charge in [-0.15, -0.1) is 0 Å². The molecule has 24 nitrogen and oxygen atoms in total. The molecule has 2 aliphatic rings. The number of aliphatic hydroxyl groups excluding tert-OH is 5. The number of esters is 1. The SMILES string of the molecule is CC[C@@]1(N=[N+]=[N-])O[C@@H](n2ccc(=O)[nH]c2=O)C(OC(=O)c2ccccc2)[C@@H]1O.CO.C[O-].[N-]=[N+]=N[C@]1(CO)O[C@@H](n2ccc(=O)[nH]c2=O)C(O)[C@@H]1O.[Na+]. The van der Waals surface area contributed by atoms with E-state index in [2.05, 4.69) is 25.0 Å². The van der Waals surface area contributed by atoms with Crippen LogP contribution in [0.4, 0.5) is 0 Å². The molecule has 0 saturated carbocycles. The summed E-state index contributed by atoms with van der Waals surface area (Å²) in [6.45, 7) is 0.704. The smallest absolute Gasteiger partial charge is 0.857 e. The number of ether oxygens (including phenoxy) is 3. The van der Waals surface area contributed by atoms with Crippen molar-refractivity contribution in [3.63, 3.8) is 0 Å². The number of aromatic amines is 2. The molecule has 282 valence electrons. The van der Waals surface area contributed by atoms with Gasteiger partial charge in [-0.05, 0) is 29.6 Å². The fourth-order valence-corrected chi connectivity index (χ4v) is 4.95. The molecule has 2 saturated heterocycles. The Morgan fingerprint density at radius 1 is 0.868 bits per heavy atom. The van der Waals surface area contributed by atoms with Crippen LogP contribution in [0.25, 0.3) is 20.9 Å². The molecular formula is C28H35N10NaO14. The first-order valence-corrected chi connectivity index (χ1v) is 14.7. The molecule has 0 aliphatic carbocycles. The topological polar surface area (TPSA) is 376 Å². The van der Waals surface area contributed by atoms with Gasteiger partial charge in [0.2, 0.25) is 5.72 Å². The van der Waals surface area contributed by atoms with Gasteiger partial charge in [-0.1, -0.05) is 35.4 Å². The molecule has 7 N–H and O–H groups in total. The second-order valence-corrected chi connectivity index (χ2v) is 10.2. The third kappa shape index (κ3) is 10.3. The Balaban J connectivity index is 0.000000497. The Morgan fingerprint density at radius 3 is 1.79 bits per heavy atom. The largest absolute Gasteiger partial charge is 1.00 e. The Bertz CT molecular complexity index is 1980. The number of benzene rings is 1. The number of hydrogen-bond donors (Lipinski definition) is 7. The quantitative estimate of drug-likeness (QED) is 0.0370. The van der Waals surface area contributed by atoms with E-state index in [4.69, 9.17) is 35.5 Å². The van der Waals surface area contributed by atoms with Crippen LogP contribution in [-0.4, -0.2) is 107 Å². The zero-order valence-electron chi connectivity index (χ0n) is 28.6. The van der Waals surface area contributed by atoms with Crippen molar-refractivity contribution < 1.29 is 79.2 Å². The molecule has 0 spiro atoms. The number of azide groups is 2. The molecule has 8 atom stereocenters. The molecule has 25 heteroatoms. The second-order valence-electron chi connectivity index (χ2n) is 10.2. The van der Waals surface area contributed by atoms with Gasteiger partial charge in [-0.25, -0.2) is 14.4 Å². The standard InChI is InChI=1S/C17H17N5O6.C9H11N5O6.CH4O.CH3O.Na/c1-2-17(20-21-18)13(24)12(27-15(25)10-6-4-3-5-7-10)14(28-17)22-9-8-11(23)19-16(22)26;10-13-12-9(3-15)6(18)5(17)7(20-9)14-2-1-4(16)11-8(14)19;2*1-2;/h3-9,12-14,24H,2H2,1H3,(H,19,23,26);1-2,5-7,15,17-18H,3H2,(H,11,16,19);2H,1H3;1H3;/q;;;-1;+1/t12?,13-,14+,17+;5?,6-,7+,9+;;;/m00.../s1. The zero-order chi connectivity index (χ0) is 39.2. The summed E-state index contributed by atoms with van der Waals surface area (Å²) in [5, 5.41) is 61.6. The van der Waals surface area contributed by atoms with Crippen molar-refractivity contribution in [1.29, 1.82) is 0 Å². The van der Waals surface area contributed by atoms with Crippen molar-refractivity contribution in [3.8, 4) is 0 Å². The van der Waals surface area contributed by atoms with Crippen LogP contribution in [0.5, 0.6) is 0 Å². The molecule has 5 rings (SSSR count). The number of aromatic nitrogens is 4. The van der Waals surface area contributed by atoms with Gasteiger partial charge >= 0.3 is 46.9 Å². The molecule has 53 heavy (non-hydrogen) atoms. The molecule has 4 heterocycles. The Morgan fingerprint density at radius 2 is 1.34 bits per heavy atom. The number of H-pyrrole nitrogens is 2. The zero-order valence-corrected chi connectivity index (χ0v) is 30.6. The van der Waals surface area contributed by atoms with Gasteiger partial charge in [-0.3, -0.25) is 28.7 Å². The van der Waals surface area contributed by atoms with E-state index < -0.39 is 83.4 Å². The third-order valence-electron chi connectivity index (χ3n) is 7.45. The minimum absolute atomic E-state index is 0. The van der Waals surface area contributed by atoms with Crippen LogP contribution in [-0.2, 0) is 14.2 Å².